The highest BCUT2D eigenvalue weighted by atomic mass is 16.3. The zero-order valence-corrected chi connectivity index (χ0v) is 12.2. The summed E-state index contributed by atoms with van der Waals surface area (Å²) in [6.45, 7) is 6.28. The van der Waals surface area contributed by atoms with Gasteiger partial charge in [-0.3, -0.25) is 4.99 Å². The summed E-state index contributed by atoms with van der Waals surface area (Å²) in [5.74, 6) is 2.54. The maximum absolute atomic E-state index is 5.29. The first-order valence-corrected chi connectivity index (χ1v) is 7.10. The largest absolute Gasteiger partial charge is 0.467 e. The summed E-state index contributed by atoms with van der Waals surface area (Å²) in [7, 11) is 1.81. The number of hydrogen-bond acceptors (Lipinski definition) is 2. The maximum Gasteiger partial charge on any atom is 0.191 e. The molecule has 4 nitrogen and oxygen atoms in total. The number of hydrogen-bond donors (Lipinski definition) is 2. The Bertz CT molecular complexity index is 405. The first-order valence-electron chi connectivity index (χ1n) is 7.10. The molecule has 0 saturated heterocycles. The predicted octanol–water partition coefficient (Wildman–Crippen LogP) is 2.77. The summed E-state index contributed by atoms with van der Waals surface area (Å²) < 4.78 is 5.29. The van der Waals surface area contributed by atoms with Gasteiger partial charge in [0, 0.05) is 13.6 Å². The van der Waals surface area contributed by atoms with Crippen LogP contribution >= 0.6 is 0 Å². The van der Waals surface area contributed by atoms with Crippen LogP contribution in [-0.4, -0.2) is 19.6 Å². The molecule has 2 rings (SSSR count). The van der Waals surface area contributed by atoms with Crippen molar-refractivity contribution >= 4 is 5.96 Å². The smallest absolute Gasteiger partial charge is 0.191 e. The summed E-state index contributed by atoms with van der Waals surface area (Å²) in [4.78, 5) is 4.25. The highest BCUT2D eigenvalue weighted by molar-refractivity contribution is 5.79. The van der Waals surface area contributed by atoms with Crippen LogP contribution in [-0.2, 0) is 6.54 Å². The quantitative estimate of drug-likeness (QED) is 0.613. The lowest BCUT2D eigenvalue weighted by Gasteiger charge is -2.20. The number of aliphatic imine (C=N–C) groups is 1. The number of rotatable bonds is 6. The summed E-state index contributed by atoms with van der Waals surface area (Å²) in [6.07, 6.45) is 5.67. The zero-order chi connectivity index (χ0) is 13.7. The monoisotopic (exact) mass is 263 g/mol. The van der Waals surface area contributed by atoms with Gasteiger partial charge in [0.25, 0.3) is 0 Å². The summed E-state index contributed by atoms with van der Waals surface area (Å²) in [5, 5.41) is 6.71. The van der Waals surface area contributed by atoms with Crippen LogP contribution in [0.3, 0.4) is 0 Å². The molecule has 0 spiro atoms. The molecule has 1 fully saturated rings. The van der Waals surface area contributed by atoms with Gasteiger partial charge in [0.1, 0.15) is 5.76 Å². The summed E-state index contributed by atoms with van der Waals surface area (Å²) in [6, 6.07) is 3.86. The van der Waals surface area contributed by atoms with Gasteiger partial charge in [0.2, 0.25) is 0 Å². The van der Waals surface area contributed by atoms with E-state index in [1.54, 1.807) is 13.3 Å². The molecular formula is C15H25N3O. The van der Waals surface area contributed by atoms with Crippen molar-refractivity contribution in [2.24, 2.45) is 16.3 Å². The molecule has 0 aromatic carbocycles. The lowest BCUT2D eigenvalue weighted by atomic mass is 9.94. The van der Waals surface area contributed by atoms with Crippen molar-refractivity contribution in [1.82, 2.24) is 10.6 Å². The second-order valence-electron chi connectivity index (χ2n) is 5.96. The fourth-order valence-electron chi connectivity index (χ4n) is 2.57. The van der Waals surface area contributed by atoms with Gasteiger partial charge in [-0.25, -0.2) is 0 Å². The average molecular weight is 263 g/mol. The zero-order valence-electron chi connectivity index (χ0n) is 12.2. The second kappa shape index (κ2) is 6.13. The molecule has 19 heavy (non-hydrogen) atoms. The van der Waals surface area contributed by atoms with E-state index in [0.29, 0.717) is 12.0 Å². The Morgan fingerprint density at radius 1 is 1.42 bits per heavy atom. The molecule has 2 N–H and O–H groups in total. The molecule has 1 aromatic heterocycles. The van der Waals surface area contributed by atoms with Crippen LogP contribution in [0.25, 0.3) is 0 Å². The lowest BCUT2D eigenvalue weighted by Crippen LogP contribution is -2.40. The second-order valence-corrected chi connectivity index (χ2v) is 5.96. The Labute approximate surface area is 115 Å². The molecule has 4 heteroatoms. The van der Waals surface area contributed by atoms with E-state index in [4.69, 9.17) is 4.42 Å². The van der Waals surface area contributed by atoms with Crippen LogP contribution < -0.4 is 10.6 Å². The third kappa shape index (κ3) is 4.30. The molecule has 0 bridgehead atoms. The molecule has 0 unspecified atom stereocenters. The fourth-order valence-corrected chi connectivity index (χ4v) is 2.57. The third-order valence-corrected chi connectivity index (χ3v) is 3.66. The summed E-state index contributed by atoms with van der Waals surface area (Å²) in [5.41, 5.74) is 0.510. The molecular weight excluding hydrogens is 238 g/mol. The average Bonchev–Trinajstić information content (AvgIpc) is 2.91. The van der Waals surface area contributed by atoms with Crippen LogP contribution in [0.2, 0.25) is 0 Å². The molecule has 1 saturated carbocycles. The highest BCUT2D eigenvalue weighted by Crippen LogP contribution is 2.49. The number of guanidine groups is 1. The Morgan fingerprint density at radius 3 is 2.74 bits per heavy atom. The first kappa shape index (κ1) is 14.0. The standard InChI is InChI=1S/C15H25N3O/c1-12(2)9-15(6-7-15)11-18-14(16-3)17-10-13-5-4-8-19-13/h4-5,8,12H,6-7,9-11H2,1-3H3,(H2,16,17,18). The highest BCUT2D eigenvalue weighted by Gasteiger charge is 2.42. The van der Waals surface area contributed by atoms with Gasteiger partial charge >= 0.3 is 0 Å². The van der Waals surface area contributed by atoms with Gasteiger partial charge in [-0.05, 0) is 42.7 Å². The molecule has 0 radical (unpaired) electrons. The van der Waals surface area contributed by atoms with E-state index < -0.39 is 0 Å². The van der Waals surface area contributed by atoms with Crippen LogP contribution in [0.4, 0.5) is 0 Å². The van der Waals surface area contributed by atoms with Crippen molar-refractivity contribution in [2.45, 2.75) is 39.7 Å². The van der Waals surface area contributed by atoms with Gasteiger partial charge < -0.3 is 15.1 Å². The third-order valence-electron chi connectivity index (χ3n) is 3.66. The van der Waals surface area contributed by atoms with Crippen molar-refractivity contribution < 1.29 is 4.42 Å². The number of nitrogens with zero attached hydrogens (tertiary/aromatic N) is 1. The predicted molar refractivity (Wildman–Crippen MR) is 78.0 cm³/mol. The van der Waals surface area contributed by atoms with E-state index in [1.807, 2.05) is 12.1 Å². The molecule has 1 aliphatic carbocycles. The van der Waals surface area contributed by atoms with E-state index in [9.17, 15) is 0 Å². The minimum Gasteiger partial charge on any atom is -0.467 e. The molecule has 106 valence electrons. The number of nitrogens with one attached hydrogen (secondary N) is 2. The molecule has 0 atom stereocenters. The van der Waals surface area contributed by atoms with E-state index in [0.717, 1.165) is 24.2 Å². The molecule has 0 aliphatic heterocycles. The summed E-state index contributed by atoms with van der Waals surface area (Å²) >= 11 is 0. The Balaban J connectivity index is 1.74. The topological polar surface area (TPSA) is 49.6 Å². The SMILES string of the molecule is CN=C(NCc1ccco1)NCC1(CC(C)C)CC1. The van der Waals surface area contributed by atoms with E-state index in [1.165, 1.54) is 19.3 Å². The molecule has 1 heterocycles. The molecule has 1 aromatic rings. The van der Waals surface area contributed by atoms with Gasteiger partial charge in [-0.2, -0.15) is 0 Å². The first-order chi connectivity index (χ1) is 9.13. The van der Waals surface area contributed by atoms with Crippen LogP contribution in [0, 0.1) is 11.3 Å². The van der Waals surface area contributed by atoms with Crippen molar-refractivity contribution in [3.8, 4) is 0 Å². The minimum atomic E-state index is 0.510. The van der Waals surface area contributed by atoms with Crippen molar-refractivity contribution in [1.29, 1.82) is 0 Å². The van der Waals surface area contributed by atoms with Crippen molar-refractivity contribution in [2.75, 3.05) is 13.6 Å². The Kier molecular flexibility index (Phi) is 4.51. The van der Waals surface area contributed by atoms with Crippen LogP contribution in [0.1, 0.15) is 38.9 Å². The molecule has 1 aliphatic rings. The normalized spacial score (nSPS) is 17.6. The van der Waals surface area contributed by atoms with Gasteiger partial charge in [-0.15, -0.1) is 0 Å². The lowest BCUT2D eigenvalue weighted by molar-refractivity contribution is 0.384. The van der Waals surface area contributed by atoms with E-state index >= 15 is 0 Å². The Morgan fingerprint density at radius 2 is 2.21 bits per heavy atom. The van der Waals surface area contributed by atoms with Gasteiger partial charge in [0.05, 0.1) is 12.8 Å². The van der Waals surface area contributed by atoms with Gasteiger partial charge in [0.15, 0.2) is 5.96 Å². The van der Waals surface area contributed by atoms with Crippen molar-refractivity contribution in [3.05, 3.63) is 24.2 Å². The van der Waals surface area contributed by atoms with E-state index in [-0.39, 0.29) is 0 Å². The van der Waals surface area contributed by atoms with Gasteiger partial charge in [-0.1, -0.05) is 13.8 Å². The van der Waals surface area contributed by atoms with Crippen LogP contribution in [0.5, 0.6) is 0 Å². The minimum absolute atomic E-state index is 0.510. The molecule has 0 amide bonds. The van der Waals surface area contributed by atoms with Crippen molar-refractivity contribution in [3.63, 3.8) is 0 Å². The van der Waals surface area contributed by atoms with Crippen LogP contribution in [0.15, 0.2) is 27.8 Å². The number of furan rings is 1. The fraction of sp³-hybridized carbons (Fsp3) is 0.667. The van der Waals surface area contributed by atoms with E-state index in [2.05, 4.69) is 29.5 Å². The maximum atomic E-state index is 5.29. The Hall–Kier alpha value is -1.45.